The van der Waals surface area contributed by atoms with Gasteiger partial charge in [0.15, 0.2) is 11.6 Å². The smallest absolute Gasteiger partial charge is 0.182 e. The summed E-state index contributed by atoms with van der Waals surface area (Å²) in [6.45, 7) is 0. The van der Waals surface area contributed by atoms with Gasteiger partial charge in [-0.05, 0) is 37.5 Å². The average molecular weight is 260 g/mol. The van der Waals surface area contributed by atoms with Crippen LogP contribution in [-0.2, 0) is 19.2 Å². The van der Waals surface area contributed by atoms with Crippen LogP contribution in [0, 0.1) is 5.92 Å². The first-order valence-corrected chi connectivity index (χ1v) is 6.60. The largest absolute Gasteiger partial charge is 0.299 e. The molecule has 19 heavy (non-hydrogen) atoms. The van der Waals surface area contributed by atoms with Gasteiger partial charge in [0.2, 0.25) is 0 Å². The molecule has 4 heteroatoms. The van der Waals surface area contributed by atoms with Crippen LogP contribution in [0.3, 0.4) is 0 Å². The van der Waals surface area contributed by atoms with Crippen LogP contribution in [-0.4, -0.2) is 23.1 Å². The van der Waals surface area contributed by atoms with E-state index in [1.807, 2.05) is 0 Å². The molecule has 0 spiro atoms. The Bertz CT molecular complexity index is 496. The fourth-order valence-corrected chi connectivity index (χ4v) is 2.51. The van der Waals surface area contributed by atoms with E-state index < -0.39 is 5.92 Å². The van der Waals surface area contributed by atoms with Gasteiger partial charge >= 0.3 is 0 Å². The standard InChI is InChI=1S/C15H16O4/c16-11-6-8-13(17)10(9-11)5-7-15(19)12-3-1-2-4-14(12)18/h6,8-9,12H,1-5,7H2. The zero-order chi connectivity index (χ0) is 13.8. The minimum absolute atomic E-state index is 0.0242. The lowest BCUT2D eigenvalue weighted by atomic mass is 9.83. The van der Waals surface area contributed by atoms with E-state index in [0.29, 0.717) is 18.4 Å². The summed E-state index contributed by atoms with van der Waals surface area (Å²) in [5, 5.41) is 0. The Labute approximate surface area is 111 Å². The summed E-state index contributed by atoms with van der Waals surface area (Å²) in [5.74, 6) is -1.01. The summed E-state index contributed by atoms with van der Waals surface area (Å²) in [4.78, 5) is 46.3. The highest BCUT2D eigenvalue weighted by Crippen LogP contribution is 2.24. The Balaban J connectivity index is 1.91. The Morgan fingerprint density at radius 2 is 1.95 bits per heavy atom. The molecule has 0 heterocycles. The van der Waals surface area contributed by atoms with Gasteiger partial charge in [0.1, 0.15) is 11.6 Å². The fraction of sp³-hybridized carbons (Fsp3) is 0.467. The van der Waals surface area contributed by atoms with Crippen molar-refractivity contribution in [2.45, 2.75) is 38.5 Å². The van der Waals surface area contributed by atoms with E-state index >= 15 is 0 Å². The number of hydrogen-bond donors (Lipinski definition) is 0. The summed E-state index contributed by atoms with van der Waals surface area (Å²) < 4.78 is 0. The third-order valence-corrected chi connectivity index (χ3v) is 3.62. The van der Waals surface area contributed by atoms with Crippen molar-refractivity contribution in [1.82, 2.24) is 0 Å². The molecule has 1 fully saturated rings. The predicted molar refractivity (Wildman–Crippen MR) is 68.4 cm³/mol. The molecule has 100 valence electrons. The first-order chi connectivity index (χ1) is 9.08. The number of carbonyl (C=O) groups is 4. The maximum Gasteiger partial charge on any atom is 0.182 e. The molecule has 0 saturated heterocycles. The number of ketones is 4. The van der Waals surface area contributed by atoms with Crippen molar-refractivity contribution in [3.8, 4) is 0 Å². The van der Waals surface area contributed by atoms with Crippen molar-refractivity contribution in [3.05, 3.63) is 23.8 Å². The average Bonchev–Trinajstić information content (AvgIpc) is 2.40. The quantitative estimate of drug-likeness (QED) is 0.570. The zero-order valence-electron chi connectivity index (χ0n) is 10.7. The summed E-state index contributed by atoms with van der Waals surface area (Å²) in [6, 6.07) is 0. The molecule has 2 aliphatic rings. The molecule has 2 aliphatic carbocycles. The molecule has 0 radical (unpaired) electrons. The summed E-state index contributed by atoms with van der Waals surface area (Å²) in [7, 11) is 0. The Hall–Kier alpha value is -1.84. The lowest BCUT2D eigenvalue weighted by Crippen LogP contribution is -2.27. The van der Waals surface area contributed by atoms with Crippen molar-refractivity contribution < 1.29 is 19.2 Å². The second-order valence-corrected chi connectivity index (χ2v) is 5.00. The molecule has 1 unspecified atom stereocenters. The molecular formula is C15H16O4. The maximum atomic E-state index is 12.0. The van der Waals surface area contributed by atoms with Gasteiger partial charge in [0, 0.05) is 18.4 Å². The predicted octanol–water partition coefficient (Wildman–Crippen LogP) is 1.73. The highest BCUT2D eigenvalue weighted by molar-refractivity contribution is 6.17. The van der Waals surface area contributed by atoms with Crippen LogP contribution < -0.4 is 0 Å². The second-order valence-electron chi connectivity index (χ2n) is 5.00. The maximum absolute atomic E-state index is 12.0. The monoisotopic (exact) mass is 260 g/mol. The van der Waals surface area contributed by atoms with E-state index in [4.69, 9.17) is 0 Å². The topological polar surface area (TPSA) is 68.3 Å². The van der Waals surface area contributed by atoms with Crippen molar-refractivity contribution >= 4 is 23.1 Å². The van der Waals surface area contributed by atoms with Gasteiger partial charge in [0.05, 0.1) is 5.92 Å². The Morgan fingerprint density at radius 1 is 1.16 bits per heavy atom. The van der Waals surface area contributed by atoms with Crippen molar-refractivity contribution in [2.24, 2.45) is 5.92 Å². The van der Waals surface area contributed by atoms with Crippen LogP contribution in [0.5, 0.6) is 0 Å². The minimum Gasteiger partial charge on any atom is -0.299 e. The number of carbonyl (C=O) groups excluding carboxylic acids is 4. The van der Waals surface area contributed by atoms with E-state index in [1.165, 1.54) is 18.2 Å². The molecule has 2 rings (SSSR count). The van der Waals surface area contributed by atoms with Crippen LogP contribution in [0.2, 0.25) is 0 Å². The SMILES string of the molecule is O=C1C=CC(=O)C(CCC(=O)C2CCCCC2=O)=C1. The third-order valence-electron chi connectivity index (χ3n) is 3.62. The van der Waals surface area contributed by atoms with E-state index in [-0.39, 0.29) is 36.0 Å². The fourth-order valence-electron chi connectivity index (χ4n) is 2.51. The van der Waals surface area contributed by atoms with Crippen LogP contribution in [0.25, 0.3) is 0 Å². The minimum atomic E-state index is -0.487. The van der Waals surface area contributed by atoms with E-state index in [9.17, 15) is 19.2 Å². The molecule has 0 aromatic carbocycles. The van der Waals surface area contributed by atoms with Crippen molar-refractivity contribution in [1.29, 1.82) is 0 Å². The van der Waals surface area contributed by atoms with Gasteiger partial charge in [-0.1, -0.05) is 6.42 Å². The van der Waals surface area contributed by atoms with Gasteiger partial charge in [-0.3, -0.25) is 19.2 Å². The number of Topliss-reactive ketones (excluding diaryl/α,β-unsaturated/α-hetero) is 2. The van der Waals surface area contributed by atoms with E-state index in [0.717, 1.165) is 12.8 Å². The number of hydrogen-bond acceptors (Lipinski definition) is 4. The van der Waals surface area contributed by atoms with Crippen molar-refractivity contribution in [2.75, 3.05) is 0 Å². The van der Waals surface area contributed by atoms with E-state index in [2.05, 4.69) is 0 Å². The van der Waals surface area contributed by atoms with Gasteiger partial charge in [0.25, 0.3) is 0 Å². The molecule has 1 saturated carbocycles. The summed E-state index contributed by atoms with van der Waals surface area (Å²) in [5.41, 5.74) is 0.365. The lowest BCUT2D eigenvalue weighted by Gasteiger charge is -2.19. The molecule has 0 aromatic heterocycles. The highest BCUT2D eigenvalue weighted by atomic mass is 16.2. The van der Waals surface area contributed by atoms with Crippen LogP contribution in [0.1, 0.15) is 38.5 Å². The summed E-state index contributed by atoms with van der Waals surface area (Å²) in [6.07, 6.45) is 7.02. The zero-order valence-corrected chi connectivity index (χ0v) is 10.7. The van der Waals surface area contributed by atoms with E-state index in [1.54, 1.807) is 0 Å². The number of allylic oxidation sites excluding steroid dienone is 4. The lowest BCUT2D eigenvalue weighted by molar-refractivity contribution is -0.134. The van der Waals surface area contributed by atoms with Gasteiger partial charge in [-0.15, -0.1) is 0 Å². The van der Waals surface area contributed by atoms with Crippen LogP contribution in [0.4, 0.5) is 0 Å². The molecular weight excluding hydrogens is 244 g/mol. The van der Waals surface area contributed by atoms with Crippen LogP contribution >= 0.6 is 0 Å². The third kappa shape index (κ3) is 3.34. The Kier molecular flexibility index (Phi) is 4.20. The molecule has 1 atom stereocenters. The first-order valence-electron chi connectivity index (χ1n) is 6.60. The molecule has 0 N–H and O–H groups in total. The number of rotatable bonds is 4. The van der Waals surface area contributed by atoms with Crippen molar-refractivity contribution in [3.63, 3.8) is 0 Å². The molecule has 4 nitrogen and oxygen atoms in total. The molecule has 0 amide bonds. The highest BCUT2D eigenvalue weighted by Gasteiger charge is 2.28. The molecule has 0 aromatic rings. The normalized spacial score (nSPS) is 23.5. The van der Waals surface area contributed by atoms with Crippen LogP contribution in [0.15, 0.2) is 23.8 Å². The second kappa shape index (κ2) is 5.87. The van der Waals surface area contributed by atoms with Gasteiger partial charge in [-0.25, -0.2) is 0 Å². The Morgan fingerprint density at radius 3 is 2.68 bits per heavy atom. The summed E-state index contributed by atoms with van der Waals surface area (Å²) >= 11 is 0. The molecule has 0 aliphatic heterocycles. The van der Waals surface area contributed by atoms with Gasteiger partial charge < -0.3 is 0 Å². The molecule has 0 bridgehead atoms. The first kappa shape index (κ1) is 13.6. The van der Waals surface area contributed by atoms with Gasteiger partial charge in [-0.2, -0.15) is 0 Å².